The summed E-state index contributed by atoms with van der Waals surface area (Å²) < 4.78 is 12.8. The summed E-state index contributed by atoms with van der Waals surface area (Å²) >= 11 is 0. The Morgan fingerprint density at radius 3 is 2.08 bits per heavy atom. The number of hydrogen-bond acceptors (Lipinski definition) is 2. The Kier molecular flexibility index (Phi) is 9.30. The van der Waals surface area contributed by atoms with Crippen LogP contribution in [0.1, 0.15) is 76.3 Å². The molecule has 0 bridgehead atoms. The van der Waals surface area contributed by atoms with Gasteiger partial charge in [-0.25, -0.2) is 14.4 Å². The average Bonchev–Trinajstić information content (AvgIpc) is 2.66. The molecule has 0 spiro atoms. The lowest BCUT2D eigenvalue weighted by Gasteiger charge is -2.06. The minimum absolute atomic E-state index is 0.664. The van der Waals surface area contributed by atoms with Crippen LogP contribution in [0.25, 0.3) is 11.4 Å². The van der Waals surface area contributed by atoms with E-state index in [1.165, 1.54) is 43.2 Å². The first kappa shape index (κ1) is 20.5. The smallest absolute Gasteiger partial charge is 0.159 e. The average molecular weight is 357 g/mol. The van der Waals surface area contributed by atoms with Crippen LogP contribution in [0, 0.1) is 0 Å². The molecule has 1 atom stereocenters. The van der Waals surface area contributed by atoms with E-state index >= 15 is 0 Å². The molecule has 0 amide bonds. The Labute approximate surface area is 158 Å². The number of nitrogens with zero attached hydrogens (tertiary/aromatic N) is 2. The van der Waals surface area contributed by atoms with E-state index in [-0.39, 0.29) is 0 Å². The number of alkyl halides is 1. The monoisotopic (exact) mass is 356 g/mol. The Bertz CT molecular complexity index is 605. The minimum atomic E-state index is -0.686. The van der Waals surface area contributed by atoms with Crippen LogP contribution >= 0.6 is 0 Å². The lowest BCUT2D eigenvalue weighted by Crippen LogP contribution is -1.95. The van der Waals surface area contributed by atoms with Crippen LogP contribution in [0.2, 0.25) is 0 Å². The van der Waals surface area contributed by atoms with Gasteiger partial charge >= 0.3 is 0 Å². The largest absolute Gasteiger partial charge is 0.248 e. The zero-order valence-corrected chi connectivity index (χ0v) is 16.4. The molecule has 0 N–H and O–H groups in total. The van der Waals surface area contributed by atoms with Crippen molar-refractivity contribution in [2.75, 3.05) is 0 Å². The van der Waals surface area contributed by atoms with Gasteiger partial charge < -0.3 is 0 Å². The highest BCUT2D eigenvalue weighted by Crippen LogP contribution is 2.18. The fourth-order valence-corrected chi connectivity index (χ4v) is 3.14. The second-order valence-electron chi connectivity index (χ2n) is 7.30. The van der Waals surface area contributed by atoms with E-state index in [0.717, 1.165) is 37.1 Å². The van der Waals surface area contributed by atoms with E-state index in [4.69, 9.17) is 0 Å². The van der Waals surface area contributed by atoms with Gasteiger partial charge in [-0.2, -0.15) is 0 Å². The summed E-state index contributed by atoms with van der Waals surface area (Å²) in [6, 6.07) is 8.46. The van der Waals surface area contributed by atoms with Gasteiger partial charge in [-0.15, -0.1) is 0 Å². The molecule has 2 rings (SSSR count). The van der Waals surface area contributed by atoms with Crippen LogP contribution in [-0.2, 0) is 12.8 Å². The molecule has 142 valence electrons. The molecule has 0 saturated carbocycles. The van der Waals surface area contributed by atoms with Gasteiger partial charge in [0.1, 0.15) is 0 Å². The summed E-state index contributed by atoms with van der Waals surface area (Å²) in [5.74, 6) is 0.789. The quantitative estimate of drug-likeness (QED) is 0.394. The van der Waals surface area contributed by atoms with Crippen molar-refractivity contribution in [3.05, 3.63) is 47.8 Å². The van der Waals surface area contributed by atoms with E-state index in [2.05, 4.69) is 41.2 Å². The van der Waals surface area contributed by atoms with Gasteiger partial charge in [0.05, 0.1) is 6.17 Å². The molecule has 0 aliphatic heterocycles. The molecule has 1 unspecified atom stereocenters. The summed E-state index contributed by atoms with van der Waals surface area (Å²) in [4.78, 5) is 9.07. The molecular weight excluding hydrogens is 323 g/mol. The first-order valence-electron chi connectivity index (χ1n) is 10.2. The first-order valence-corrected chi connectivity index (χ1v) is 10.2. The Morgan fingerprint density at radius 1 is 0.808 bits per heavy atom. The van der Waals surface area contributed by atoms with Crippen molar-refractivity contribution in [3.8, 4) is 11.4 Å². The molecule has 26 heavy (non-hydrogen) atoms. The molecule has 0 fully saturated rings. The summed E-state index contributed by atoms with van der Waals surface area (Å²) in [7, 11) is 0. The third-order valence-electron chi connectivity index (χ3n) is 4.80. The highest BCUT2D eigenvalue weighted by molar-refractivity contribution is 5.55. The number of halogens is 1. The summed E-state index contributed by atoms with van der Waals surface area (Å²) in [6.07, 6.45) is 14.4. The Balaban J connectivity index is 1.79. The lowest BCUT2D eigenvalue weighted by atomic mass is 10.0. The van der Waals surface area contributed by atoms with Crippen molar-refractivity contribution in [2.45, 2.75) is 84.2 Å². The highest BCUT2D eigenvalue weighted by atomic mass is 19.1. The van der Waals surface area contributed by atoms with Crippen molar-refractivity contribution in [1.29, 1.82) is 0 Å². The number of rotatable bonds is 12. The van der Waals surface area contributed by atoms with Gasteiger partial charge in [0, 0.05) is 18.0 Å². The molecule has 1 aromatic carbocycles. The Hall–Kier alpha value is -1.77. The second-order valence-corrected chi connectivity index (χ2v) is 7.30. The van der Waals surface area contributed by atoms with Gasteiger partial charge in [0.2, 0.25) is 0 Å². The standard InChI is InChI=1S/C23H33FN2/c1-3-4-5-6-7-12-21-17-25-23(26-18-21)22-15-13-20(14-16-22)11-9-8-10-19(2)24/h13-19H,3-12H2,1-2H3. The fraction of sp³-hybridized carbons (Fsp3) is 0.565. The highest BCUT2D eigenvalue weighted by Gasteiger charge is 2.03. The zero-order chi connectivity index (χ0) is 18.6. The van der Waals surface area contributed by atoms with E-state index < -0.39 is 6.17 Å². The maximum absolute atomic E-state index is 12.8. The van der Waals surface area contributed by atoms with Crippen LogP contribution < -0.4 is 0 Å². The molecule has 0 saturated heterocycles. The zero-order valence-electron chi connectivity index (χ0n) is 16.4. The molecule has 1 heterocycles. The van der Waals surface area contributed by atoms with E-state index in [0.29, 0.717) is 6.42 Å². The van der Waals surface area contributed by atoms with Crippen molar-refractivity contribution in [3.63, 3.8) is 0 Å². The maximum atomic E-state index is 12.8. The van der Waals surface area contributed by atoms with Gasteiger partial charge in [0.15, 0.2) is 5.82 Å². The van der Waals surface area contributed by atoms with Crippen LogP contribution in [0.3, 0.4) is 0 Å². The van der Waals surface area contributed by atoms with Crippen LogP contribution in [0.5, 0.6) is 0 Å². The minimum Gasteiger partial charge on any atom is -0.248 e. The molecule has 2 aromatic rings. The number of hydrogen-bond donors (Lipinski definition) is 0. The molecule has 0 aliphatic carbocycles. The van der Waals surface area contributed by atoms with Crippen LogP contribution in [0.4, 0.5) is 4.39 Å². The number of aryl methyl sites for hydroxylation is 2. The summed E-state index contributed by atoms with van der Waals surface area (Å²) in [5.41, 5.74) is 3.58. The molecule has 3 heteroatoms. The van der Waals surface area contributed by atoms with Gasteiger partial charge in [-0.05, 0) is 50.2 Å². The maximum Gasteiger partial charge on any atom is 0.159 e. The summed E-state index contributed by atoms with van der Waals surface area (Å²) in [6.45, 7) is 3.87. The number of unbranched alkanes of at least 4 members (excludes halogenated alkanes) is 5. The fourth-order valence-electron chi connectivity index (χ4n) is 3.14. The molecule has 1 aromatic heterocycles. The van der Waals surface area contributed by atoms with Crippen molar-refractivity contribution >= 4 is 0 Å². The van der Waals surface area contributed by atoms with Gasteiger partial charge in [-0.1, -0.05) is 63.3 Å². The molecule has 0 radical (unpaired) electrons. The molecular formula is C23H33FN2. The first-order chi connectivity index (χ1) is 12.7. The van der Waals surface area contributed by atoms with Crippen molar-refractivity contribution < 1.29 is 4.39 Å². The normalized spacial score (nSPS) is 12.3. The second kappa shape index (κ2) is 11.8. The van der Waals surface area contributed by atoms with Crippen LogP contribution in [0.15, 0.2) is 36.7 Å². The third kappa shape index (κ3) is 7.63. The number of benzene rings is 1. The summed E-state index contributed by atoms with van der Waals surface area (Å²) in [5, 5.41) is 0. The van der Waals surface area contributed by atoms with E-state index in [1.54, 1.807) is 6.92 Å². The predicted molar refractivity (Wildman–Crippen MR) is 108 cm³/mol. The van der Waals surface area contributed by atoms with Crippen LogP contribution in [-0.4, -0.2) is 16.1 Å². The predicted octanol–water partition coefficient (Wildman–Crippen LogP) is 6.73. The van der Waals surface area contributed by atoms with E-state index in [1.807, 2.05) is 12.4 Å². The molecule has 2 nitrogen and oxygen atoms in total. The lowest BCUT2D eigenvalue weighted by molar-refractivity contribution is 0.331. The SMILES string of the molecule is CCCCCCCc1cnc(-c2ccc(CCCCC(C)F)cc2)nc1. The van der Waals surface area contributed by atoms with E-state index in [9.17, 15) is 4.39 Å². The third-order valence-corrected chi connectivity index (χ3v) is 4.80. The topological polar surface area (TPSA) is 25.8 Å². The van der Waals surface area contributed by atoms with Crippen molar-refractivity contribution in [2.24, 2.45) is 0 Å². The molecule has 0 aliphatic rings. The van der Waals surface area contributed by atoms with Crippen molar-refractivity contribution in [1.82, 2.24) is 9.97 Å². The van der Waals surface area contributed by atoms with Gasteiger partial charge in [-0.3, -0.25) is 0 Å². The van der Waals surface area contributed by atoms with Gasteiger partial charge in [0.25, 0.3) is 0 Å². The number of aromatic nitrogens is 2. The Morgan fingerprint density at radius 2 is 1.42 bits per heavy atom.